The van der Waals surface area contributed by atoms with E-state index in [9.17, 15) is 0 Å². The molecule has 1 unspecified atom stereocenters. The molecule has 88 valence electrons. The number of aromatic nitrogens is 1. The van der Waals surface area contributed by atoms with Gasteiger partial charge in [0.25, 0.3) is 0 Å². The molecule has 1 fully saturated rings. The summed E-state index contributed by atoms with van der Waals surface area (Å²) in [6, 6.07) is 1.98. The molecule has 0 amide bonds. The zero-order valence-corrected chi connectivity index (χ0v) is 9.52. The van der Waals surface area contributed by atoms with Crippen LogP contribution in [0.15, 0.2) is 18.5 Å². The molecule has 1 heterocycles. The molecule has 0 aliphatic heterocycles. The molecule has 5 N–H and O–H groups in total. The molecule has 1 aromatic heterocycles. The lowest BCUT2D eigenvalue weighted by Crippen LogP contribution is -2.35. The Labute approximate surface area is 96.4 Å². The van der Waals surface area contributed by atoms with E-state index < -0.39 is 0 Å². The highest BCUT2D eigenvalue weighted by Gasteiger charge is 2.25. The summed E-state index contributed by atoms with van der Waals surface area (Å²) in [4.78, 5) is 4.13. The van der Waals surface area contributed by atoms with Gasteiger partial charge < -0.3 is 5.73 Å². The lowest BCUT2D eigenvalue weighted by atomic mass is 9.81. The van der Waals surface area contributed by atoms with Gasteiger partial charge in [0.05, 0.1) is 6.04 Å². The van der Waals surface area contributed by atoms with E-state index in [2.05, 4.69) is 10.4 Å². The number of nitrogens with one attached hydrogen (secondary N) is 1. The SMILES string of the molecule is NNC(c1cnccc1N)C1CCCCC1. The molecule has 0 saturated heterocycles. The third-order valence-electron chi connectivity index (χ3n) is 3.52. The number of rotatable bonds is 3. The van der Waals surface area contributed by atoms with Crippen molar-refractivity contribution in [1.82, 2.24) is 10.4 Å². The van der Waals surface area contributed by atoms with E-state index in [4.69, 9.17) is 11.6 Å². The fourth-order valence-corrected chi connectivity index (χ4v) is 2.62. The van der Waals surface area contributed by atoms with Crippen molar-refractivity contribution >= 4 is 5.69 Å². The molecule has 16 heavy (non-hydrogen) atoms. The summed E-state index contributed by atoms with van der Waals surface area (Å²) in [7, 11) is 0. The Hall–Kier alpha value is -1.13. The van der Waals surface area contributed by atoms with Crippen molar-refractivity contribution in [3.8, 4) is 0 Å². The monoisotopic (exact) mass is 220 g/mol. The van der Waals surface area contributed by atoms with E-state index in [0.29, 0.717) is 5.92 Å². The van der Waals surface area contributed by atoms with Gasteiger partial charge in [-0.3, -0.25) is 16.3 Å². The van der Waals surface area contributed by atoms with Gasteiger partial charge in [-0.25, -0.2) is 0 Å². The second-order valence-corrected chi connectivity index (χ2v) is 4.55. The van der Waals surface area contributed by atoms with Crippen LogP contribution in [0.5, 0.6) is 0 Å². The van der Waals surface area contributed by atoms with Gasteiger partial charge in [-0.05, 0) is 24.8 Å². The van der Waals surface area contributed by atoms with Crippen LogP contribution in [0.1, 0.15) is 43.7 Å². The largest absolute Gasteiger partial charge is 0.398 e. The number of anilines is 1. The number of nitrogens with two attached hydrogens (primary N) is 2. The number of nitrogen functional groups attached to an aromatic ring is 1. The van der Waals surface area contributed by atoms with Crippen LogP contribution in [-0.4, -0.2) is 4.98 Å². The Morgan fingerprint density at radius 3 is 2.69 bits per heavy atom. The van der Waals surface area contributed by atoms with E-state index in [1.807, 2.05) is 12.3 Å². The average Bonchev–Trinajstić information content (AvgIpc) is 2.34. The molecule has 1 atom stereocenters. The molecular weight excluding hydrogens is 200 g/mol. The lowest BCUT2D eigenvalue weighted by molar-refractivity contribution is 0.274. The normalized spacial score (nSPS) is 19.6. The molecular formula is C12H20N4. The van der Waals surface area contributed by atoms with E-state index >= 15 is 0 Å². The smallest absolute Gasteiger partial charge is 0.0523 e. The van der Waals surface area contributed by atoms with Gasteiger partial charge in [-0.15, -0.1) is 0 Å². The molecule has 1 saturated carbocycles. The van der Waals surface area contributed by atoms with Crippen molar-refractivity contribution in [3.05, 3.63) is 24.0 Å². The second-order valence-electron chi connectivity index (χ2n) is 4.55. The number of hydrogen-bond acceptors (Lipinski definition) is 4. The first-order valence-electron chi connectivity index (χ1n) is 5.98. The summed E-state index contributed by atoms with van der Waals surface area (Å²) >= 11 is 0. The highest BCUT2D eigenvalue weighted by molar-refractivity contribution is 5.46. The van der Waals surface area contributed by atoms with Crippen LogP contribution in [0.25, 0.3) is 0 Å². The molecule has 0 aromatic carbocycles. The van der Waals surface area contributed by atoms with Gasteiger partial charge >= 0.3 is 0 Å². The standard InChI is InChI=1S/C12H20N4/c13-11-6-7-15-8-10(11)12(16-14)9-4-2-1-3-5-9/h6-9,12,16H,1-5,14H2,(H2,13,15). The van der Waals surface area contributed by atoms with Crippen molar-refractivity contribution in [2.45, 2.75) is 38.1 Å². The van der Waals surface area contributed by atoms with Crippen LogP contribution in [0.2, 0.25) is 0 Å². The zero-order chi connectivity index (χ0) is 11.4. The van der Waals surface area contributed by atoms with E-state index in [1.54, 1.807) is 6.20 Å². The Morgan fingerprint density at radius 2 is 2.06 bits per heavy atom. The number of pyridine rings is 1. The van der Waals surface area contributed by atoms with Gasteiger partial charge in [0.15, 0.2) is 0 Å². The van der Waals surface area contributed by atoms with Gasteiger partial charge in [0.2, 0.25) is 0 Å². The number of hydrogen-bond donors (Lipinski definition) is 3. The van der Waals surface area contributed by atoms with E-state index in [0.717, 1.165) is 11.3 Å². The highest BCUT2D eigenvalue weighted by atomic mass is 15.2. The molecule has 1 aromatic rings. The van der Waals surface area contributed by atoms with E-state index in [1.165, 1.54) is 32.1 Å². The fourth-order valence-electron chi connectivity index (χ4n) is 2.62. The predicted molar refractivity (Wildman–Crippen MR) is 65.3 cm³/mol. The van der Waals surface area contributed by atoms with Crippen LogP contribution in [-0.2, 0) is 0 Å². The van der Waals surface area contributed by atoms with Crippen LogP contribution in [0, 0.1) is 5.92 Å². The summed E-state index contributed by atoms with van der Waals surface area (Å²) in [5, 5.41) is 0. The maximum Gasteiger partial charge on any atom is 0.0523 e. The molecule has 4 heteroatoms. The van der Waals surface area contributed by atoms with Crippen LogP contribution in [0.4, 0.5) is 5.69 Å². The van der Waals surface area contributed by atoms with Crippen molar-refractivity contribution in [3.63, 3.8) is 0 Å². The average molecular weight is 220 g/mol. The van der Waals surface area contributed by atoms with Gasteiger partial charge in [0.1, 0.15) is 0 Å². The Balaban J connectivity index is 2.18. The molecule has 0 spiro atoms. The Morgan fingerprint density at radius 1 is 1.31 bits per heavy atom. The highest BCUT2D eigenvalue weighted by Crippen LogP contribution is 2.35. The fraction of sp³-hybridized carbons (Fsp3) is 0.583. The van der Waals surface area contributed by atoms with Gasteiger partial charge in [0, 0.05) is 23.6 Å². The summed E-state index contributed by atoms with van der Waals surface area (Å²) in [6.45, 7) is 0. The summed E-state index contributed by atoms with van der Waals surface area (Å²) in [6.07, 6.45) is 9.93. The van der Waals surface area contributed by atoms with Gasteiger partial charge in [-0.2, -0.15) is 0 Å². The summed E-state index contributed by atoms with van der Waals surface area (Å²) in [5.74, 6) is 6.26. The van der Waals surface area contributed by atoms with Gasteiger partial charge in [-0.1, -0.05) is 19.3 Å². The topological polar surface area (TPSA) is 77.0 Å². The van der Waals surface area contributed by atoms with E-state index in [-0.39, 0.29) is 6.04 Å². The van der Waals surface area contributed by atoms with Crippen LogP contribution >= 0.6 is 0 Å². The third kappa shape index (κ3) is 2.33. The van der Waals surface area contributed by atoms with Crippen molar-refractivity contribution < 1.29 is 0 Å². The predicted octanol–water partition coefficient (Wildman–Crippen LogP) is 1.75. The Bertz CT molecular complexity index is 334. The minimum Gasteiger partial charge on any atom is -0.398 e. The van der Waals surface area contributed by atoms with Crippen LogP contribution in [0.3, 0.4) is 0 Å². The molecule has 2 rings (SSSR count). The number of nitrogens with zero attached hydrogens (tertiary/aromatic N) is 1. The maximum absolute atomic E-state index is 5.97. The zero-order valence-electron chi connectivity index (χ0n) is 9.52. The molecule has 1 aliphatic rings. The quantitative estimate of drug-likeness (QED) is 0.535. The minimum absolute atomic E-state index is 0.147. The number of hydrazine groups is 1. The van der Waals surface area contributed by atoms with Crippen molar-refractivity contribution in [2.75, 3.05) is 5.73 Å². The molecule has 0 radical (unpaired) electrons. The molecule has 4 nitrogen and oxygen atoms in total. The summed E-state index contributed by atoms with van der Waals surface area (Å²) < 4.78 is 0. The lowest BCUT2D eigenvalue weighted by Gasteiger charge is -2.30. The first kappa shape index (κ1) is 11.4. The Kier molecular flexibility index (Phi) is 3.74. The summed E-state index contributed by atoms with van der Waals surface area (Å²) in [5.41, 5.74) is 10.7. The third-order valence-corrected chi connectivity index (χ3v) is 3.52. The minimum atomic E-state index is 0.147. The first-order chi connectivity index (χ1) is 7.83. The first-order valence-corrected chi connectivity index (χ1v) is 5.98. The second kappa shape index (κ2) is 5.27. The van der Waals surface area contributed by atoms with Crippen molar-refractivity contribution in [2.24, 2.45) is 11.8 Å². The maximum atomic E-state index is 5.97. The molecule has 0 bridgehead atoms. The van der Waals surface area contributed by atoms with Crippen LogP contribution < -0.4 is 17.0 Å². The molecule has 1 aliphatic carbocycles. The van der Waals surface area contributed by atoms with Crippen molar-refractivity contribution in [1.29, 1.82) is 0 Å².